The van der Waals surface area contributed by atoms with E-state index in [0.717, 1.165) is 0 Å². The first-order valence-corrected chi connectivity index (χ1v) is 12.6. The average molecular weight is 518 g/mol. The molecule has 0 saturated carbocycles. The van der Waals surface area contributed by atoms with Gasteiger partial charge in [-0.3, -0.25) is 0 Å². The lowest BCUT2D eigenvalue weighted by Crippen LogP contribution is -2.27. The summed E-state index contributed by atoms with van der Waals surface area (Å²) in [7, 11) is -6.00. The highest BCUT2D eigenvalue weighted by molar-refractivity contribution is 6.50. The molecule has 0 fully saturated rings. The van der Waals surface area contributed by atoms with E-state index in [-0.39, 0.29) is 12.1 Å². The summed E-state index contributed by atoms with van der Waals surface area (Å²) in [6.07, 6.45) is 2.35. The van der Waals surface area contributed by atoms with E-state index in [9.17, 15) is 17.3 Å². The summed E-state index contributed by atoms with van der Waals surface area (Å²) in [5.41, 5.74) is 10.4. The molecule has 0 bridgehead atoms. The van der Waals surface area contributed by atoms with Gasteiger partial charge in [0.15, 0.2) is 12.1 Å². The Kier molecular flexibility index (Phi) is 8.05. The second-order valence-electron chi connectivity index (χ2n) is 9.62. The van der Waals surface area contributed by atoms with Crippen LogP contribution in [0.3, 0.4) is 0 Å². The molecule has 7 heteroatoms. The lowest BCUT2D eigenvalue weighted by Gasteiger charge is -2.26. The molecule has 1 aliphatic heterocycles. The topological polar surface area (TPSA) is 6.25 Å². The molecule has 0 amide bonds. The largest absolute Gasteiger partial charge is 0.673 e. The Bertz CT molecular complexity index is 1370. The minimum atomic E-state index is -6.00. The Morgan fingerprint density at radius 3 is 1.47 bits per heavy atom. The molecular formula is C31H31BF4N2. The summed E-state index contributed by atoms with van der Waals surface area (Å²) in [5, 5.41) is 0. The second-order valence-corrected chi connectivity index (χ2v) is 9.62. The lowest BCUT2D eigenvalue weighted by atomic mass is 9.91. The van der Waals surface area contributed by atoms with Crippen LogP contribution in [-0.2, 0) is 0 Å². The van der Waals surface area contributed by atoms with Crippen LogP contribution < -0.4 is 4.90 Å². The van der Waals surface area contributed by atoms with Crippen LogP contribution in [0.4, 0.5) is 28.6 Å². The number of anilines is 1. The molecule has 2 atom stereocenters. The first kappa shape index (κ1) is 27.2. The van der Waals surface area contributed by atoms with Gasteiger partial charge in [-0.05, 0) is 49.9 Å². The number of nitrogens with zero attached hydrogens (tertiary/aromatic N) is 2. The van der Waals surface area contributed by atoms with Crippen LogP contribution >= 0.6 is 0 Å². The van der Waals surface area contributed by atoms with Gasteiger partial charge in [-0.2, -0.15) is 0 Å². The van der Waals surface area contributed by atoms with E-state index >= 15 is 0 Å². The summed E-state index contributed by atoms with van der Waals surface area (Å²) in [4.78, 5) is 2.50. The molecular weight excluding hydrogens is 487 g/mol. The number of hydrogen-bond donors (Lipinski definition) is 0. The monoisotopic (exact) mass is 518 g/mol. The van der Waals surface area contributed by atoms with Crippen molar-refractivity contribution in [2.45, 2.75) is 39.8 Å². The number of rotatable bonds is 4. The number of aryl methyl sites for hydroxylation is 4. The van der Waals surface area contributed by atoms with Crippen molar-refractivity contribution in [3.63, 3.8) is 0 Å². The third-order valence-corrected chi connectivity index (χ3v) is 6.82. The molecule has 38 heavy (non-hydrogen) atoms. The van der Waals surface area contributed by atoms with E-state index in [2.05, 4.69) is 141 Å². The molecule has 0 radical (unpaired) electrons. The molecule has 4 aromatic carbocycles. The van der Waals surface area contributed by atoms with Crippen LogP contribution in [0.1, 0.15) is 45.5 Å². The van der Waals surface area contributed by atoms with E-state index in [1.807, 2.05) is 0 Å². The molecule has 4 aromatic rings. The molecule has 5 rings (SSSR count). The average Bonchev–Trinajstić information content (AvgIpc) is 3.23. The highest BCUT2D eigenvalue weighted by Crippen LogP contribution is 2.47. The first-order valence-electron chi connectivity index (χ1n) is 12.6. The van der Waals surface area contributed by atoms with E-state index in [1.165, 1.54) is 44.8 Å². The van der Waals surface area contributed by atoms with Gasteiger partial charge >= 0.3 is 7.25 Å². The number of para-hydroxylation sites is 2. The van der Waals surface area contributed by atoms with Crippen molar-refractivity contribution in [2.24, 2.45) is 0 Å². The van der Waals surface area contributed by atoms with Crippen molar-refractivity contribution in [3.05, 3.63) is 130 Å². The third-order valence-electron chi connectivity index (χ3n) is 6.82. The summed E-state index contributed by atoms with van der Waals surface area (Å²) >= 11 is 0. The molecule has 1 aliphatic rings. The third kappa shape index (κ3) is 5.99. The van der Waals surface area contributed by atoms with Crippen LogP contribution in [0.2, 0.25) is 0 Å². The predicted molar refractivity (Wildman–Crippen MR) is 149 cm³/mol. The standard InChI is InChI=1S/C31H31N2.BF4/c1-22-13-11-14-23(2)28(22)32-21-33(29-24(3)15-12-16-25(29)4)31(27-19-9-6-10-20-27)30(32)26-17-7-5-8-18-26;2-1(3,4)5/h5-21,30-31H,1-4H3;/q+1;-1/t30-,31-;/m0./s1. The maximum absolute atomic E-state index is 9.75. The van der Waals surface area contributed by atoms with Crippen LogP contribution in [0.15, 0.2) is 97.1 Å². The molecule has 0 aromatic heterocycles. The Labute approximate surface area is 222 Å². The predicted octanol–water partition coefficient (Wildman–Crippen LogP) is 8.90. The van der Waals surface area contributed by atoms with Gasteiger partial charge in [-0.25, -0.2) is 9.48 Å². The van der Waals surface area contributed by atoms with Crippen LogP contribution in [-0.4, -0.2) is 18.2 Å². The Balaban J connectivity index is 0.000000617. The fourth-order valence-corrected chi connectivity index (χ4v) is 5.39. The fraction of sp³-hybridized carbons (Fsp3) is 0.194. The van der Waals surface area contributed by atoms with Gasteiger partial charge < -0.3 is 17.3 Å². The van der Waals surface area contributed by atoms with Crippen molar-refractivity contribution < 1.29 is 21.8 Å². The van der Waals surface area contributed by atoms with E-state index in [1.54, 1.807) is 0 Å². The van der Waals surface area contributed by atoms with Crippen LogP contribution in [0, 0.1) is 27.7 Å². The molecule has 0 saturated heterocycles. The number of hydrogen-bond acceptors (Lipinski definition) is 1. The van der Waals surface area contributed by atoms with Gasteiger partial charge in [0.05, 0.1) is 0 Å². The normalized spacial score (nSPS) is 17.1. The van der Waals surface area contributed by atoms with E-state index in [4.69, 9.17) is 0 Å². The fourth-order valence-electron chi connectivity index (χ4n) is 5.39. The van der Waals surface area contributed by atoms with Crippen molar-refractivity contribution in [1.82, 2.24) is 0 Å². The van der Waals surface area contributed by atoms with Crippen molar-refractivity contribution in [1.29, 1.82) is 0 Å². The van der Waals surface area contributed by atoms with Crippen molar-refractivity contribution >= 4 is 25.0 Å². The molecule has 0 spiro atoms. The van der Waals surface area contributed by atoms with Gasteiger partial charge in [0.25, 0.3) is 0 Å². The zero-order valence-electron chi connectivity index (χ0n) is 22.0. The van der Waals surface area contributed by atoms with Crippen LogP contribution in [0.25, 0.3) is 0 Å². The molecule has 196 valence electrons. The maximum Gasteiger partial charge on any atom is 0.673 e. The van der Waals surface area contributed by atoms with E-state index < -0.39 is 7.25 Å². The molecule has 2 nitrogen and oxygen atoms in total. The van der Waals surface area contributed by atoms with Gasteiger partial charge in [0, 0.05) is 11.1 Å². The zero-order valence-corrected chi connectivity index (χ0v) is 22.0. The maximum atomic E-state index is 9.75. The molecule has 1 heterocycles. The molecule has 0 aliphatic carbocycles. The number of benzene rings is 4. The van der Waals surface area contributed by atoms with Gasteiger partial charge in [0.1, 0.15) is 11.4 Å². The highest BCUT2D eigenvalue weighted by atomic mass is 19.5. The van der Waals surface area contributed by atoms with Gasteiger partial charge in [-0.15, -0.1) is 0 Å². The molecule has 0 N–H and O–H groups in total. The highest BCUT2D eigenvalue weighted by Gasteiger charge is 2.47. The van der Waals surface area contributed by atoms with Crippen molar-refractivity contribution in [2.75, 3.05) is 4.90 Å². The summed E-state index contributed by atoms with van der Waals surface area (Å²) in [5.74, 6) is 0. The van der Waals surface area contributed by atoms with Crippen LogP contribution in [0.5, 0.6) is 0 Å². The van der Waals surface area contributed by atoms with Gasteiger partial charge in [0.2, 0.25) is 6.34 Å². The SMILES string of the molecule is Cc1cccc(C)c1N1C=[N+](c2c(C)cccc2C)[C@@H](c2ccccc2)[C@@H]1c1ccccc1.F[B-](F)(F)F. The number of halogens is 4. The quantitative estimate of drug-likeness (QED) is 0.149. The lowest BCUT2D eigenvalue weighted by molar-refractivity contribution is -0.482. The van der Waals surface area contributed by atoms with Crippen molar-refractivity contribution in [3.8, 4) is 0 Å². The Hall–Kier alpha value is -3.87. The first-order chi connectivity index (χ1) is 18.1. The Morgan fingerprint density at radius 2 is 1.00 bits per heavy atom. The molecule has 0 unspecified atom stereocenters. The zero-order chi connectivity index (χ0) is 27.4. The smallest absolute Gasteiger partial charge is 0.418 e. The summed E-state index contributed by atoms with van der Waals surface area (Å²) < 4.78 is 41.5. The summed E-state index contributed by atoms with van der Waals surface area (Å²) in [6, 6.07) is 35.4. The minimum absolute atomic E-state index is 0.146. The summed E-state index contributed by atoms with van der Waals surface area (Å²) in [6.45, 7) is 8.88. The second kappa shape index (κ2) is 11.3. The van der Waals surface area contributed by atoms with E-state index in [0.29, 0.717) is 0 Å². The Morgan fingerprint density at radius 1 is 0.579 bits per heavy atom. The van der Waals surface area contributed by atoms with Gasteiger partial charge in [-0.1, -0.05) is 97.1 Å². The minimum Gasteiger partial charge on any atom is -0.418 e.